The minimum atomic E-state index is -0.615. The van der Waals surface area contributed by atoms with Gasteiger partial charge in [0.2, 0.25) is 17.7 Å². The molecule has 1 spiro atoms. The van der Waals surface area contributed by atoms with Gasteiger partial charge in [-0.15, -0.1) is 11.8 Å². The molecule has 6 atom stereocenters. The van der Waals surface area contributed by atoms with Gasteiger partial charge in [-0.3, -0.25) is 14.4 Å². The molecule has 7 nitrogen and oxygen atoms in total. The van der Waals surface area contributed by atoms with Crippen molar-refractivity contribution in [2.24, 2.45) is 11.8 Å². The van der Waals surface area contributed by atoms with Gasteiger partial charge >= 0.3 is 0 Å². The number of aliphatic hydroxyl groups excluding tert-OH is 1. The van der Waals surface area contributed by atoms with Crippen molar-refractivity contribution < 1.29 is 19.5 Å². The Hall–Kier alpha value is -1.28. The fourth-order valence-corrected chi connectivity index (χ4v) is 7.51. The summed E-state index contributed by atoms with van der Waals surface area (Å²) in [6.07, 6.45) is 4.30. The Kier molecular flexibility index (Phi) is 6.59. The van der Waals surface area contributed by atoms with Crippen molar-refractivity contribution in [1.82, 2.24) is 15.5 Å². The second-order valence-corrected chi connectivity index (χ2v) is 9.90. The highest BCUT2D eigenvalue weighted by atomic mass is 32.2. The van der Waals surface area contributed by atoms with Crippen LogP contribution in [0, 0.1) is 11.8 Å². The Morgan fingerprint density at radius 1 is 1.32 bits per heavy atom. The van der Waals surface area contributed by atoms with E-state index in [4.69, 9.17) is 0 Å². The van der Waals surface area contributed by atoms with Gasteiger partial charge < -0.3 is 20.6 Å². The average Bonchev–Trinajstić information content (AvgIpc) is 3.28. The molecule has 0 radical (unpaired) electrons. The van der Waals surface area contributed by atoms with Crippen LogP contribution in [0.1, 0.15) is 52.9 Å². The van der Waals surface area contributed by atoms with Gasteiger partial charge in [0.15, 0.2) is 0 Å². The summed E-state index contributed by atoms with van der Waals surface area (Å²) in [5.41, 5.74) is 0. The van der Waals surface area contributed by atoms with Gasteiger partial charge in [-0.25, -0.2) is 0 Å². The van der Waals surface area contributed by atoms with E-state index in [1.54, 1.807) is 11.8 Å². The molecule has 8 heteroatoms. The second kappa shape index (κ2) is 8.61. The molecule has 3 rings (SSSR count). The summed E-state index contributed by atoms with van der Waals surface area (Å²) in [7, 11) is 0. The molecule has 3 N–H and O–H groups in total. The quantitative estimate of drug-likeness (QED) is 0.524. The summed E-state index contributed by atoms with van der Waals surface area (Å²) in [6, 6.07) is -0.582. The van der Waals surface area contributed by atoms with E-state index < -0.39 is 16.7 Å². The van der Waals surface area contributed by atoms with Crippen molar-refractivity contribution in [1.29, 1.82) is 0 Å². The SMILES string of the molecule is CCCNC(=O)[C@@H]1[C@H]2C(=O)N(CCO)C(C(=O)NC(C)CCC)C23CC[C@H]1S3. The molecule has 2 bridgehead atoms. The number of hydrogen-bond donors (Lipinski definition) is 3. The topological polar surface area (TPSA) is 98.7 Å². The number of aliphatic hydroxyl groups is 1. The molecule has 0 aliphatic carbocycles. The molecule has 3 unspecified atom stereocenters. The molecule has 3 aliphatic heterocycles. The maximum Gasteiger partial charge on any atom is 0.244 e. The van der Waals surface area contributed by atoms with Crippen LogP contribution >= 0.6 is 11.8 Å². The Balaban J connectivity index is 1.89. The number of β-amino-alcohol motifs (C(OH)–C–C–N with tert-alkyl or cyclic N) is 1. The van der Waals surface area contributed by atoms with Gasteiger partial charge in [-0.1, -0.05) is 20.3 Å². The minimum absolute atomic E-state index is 0.0336. The molecule has 3 saturated heterocycles. The largest absolute Gasteiger partial charge is 0.395 e. The first kappa shape index (κ1) is 21.4. The smallest absolute Gasteiger partial charge is 0.244 e. The summed E-state index contributed by atoms with van der Waals surface area (Å²) in [4.78, 5) is 40.9. The molecular weight excluding hydrogens is 378 g/mol. The first-order valence-corrected chi connectivity index (χ1v) is 11.5. The van der Waals surface area contributed by atoms with Crippen LogP contribution in [0.25, 0.3) is 0 Å². The molecule has 0 aromatic heterocycles. The Labute approximate surface area is 171 Å². The molecule has 158 valence electrons. The van der Waals surface area contributed by atoms with Crippen LogP contribution in [0.5, 0.6) is 0 Å². The summed E-state index contributed by atoms with van der Waals surface area (Å²) in [5, 5.41) is 15.6. The summed E-state index contributed by atoms with van der Waals surface area (Å²) < 4.78 is -0.554. The van der Waals surface area contributed by atoms with E-state index in [1.165, 1.54) is 4.90 Å². The van der Waals surface area contributed by atoms with Crippen LogP contribution in [0.2, 0.25) is 0 Å². The third-order valence-electron chi connectivity index (χ3n) is 6.35. The number of nitrogens with one attached hydrogen (secondary N) is 2. The number of likely N-dealkylation sites (tertiary alicyclic amines) is 1. The first-order valence-electron chi connectivity index (χ1n) is 10.6. The van der Waals surface area contributed by atoms with Crippen molar-refractivity contribution in [3.63, 3.8) is 0 Å². The highest BCUT2D eigenvalue weighted by Gasteiger charge is 2.73. The van der Waals surface area contributed by atoms with Crippen molar-refractivity contribution in [3.8, 4) is 0 Å². The molecule has 3 amide bonds. The van der Waals surface area contributed by atoms with Crippen LogP contribution in [0.15, 0.2) is 0 Å². The third kappa shape index (κ3) is 3.43. The lowest BCUT2D eigenvalue weighted by atomic mass is 9.70. The molecule has 0 aromatic rings. The van der Waals surface area contributed by atoms with Gasteiger partial charge in [0.05, 0.1) is 23.2 Å². The summed E-state index contributed by atoms with van der Waals surface area (Å²) in [6.45, 7) is 6.58. The number of amides is 3. The van der Waals surface area contributed by atoms with Crippen molar-refractivity contribution in [2.75, 3.05) is 19.7 Å². The van der Waals surface area contributed by atoms with Crippen LogP contribution in [-0.2, 0) is 14.4 Å². The van der Waals surface area contributed by atoms with Crippen molar-refractivity contribution in [3.05, 3.63) is 0 Å². The van der Waals surface area contributed by atoms with E-state index in [2.05, 4.69) is 17.6 Å². The number of carbonyl (C=O) groups is 3. The van der Waals surface area contributed by atoms with E-state index in [0.29, 0.717) is 6.54 Å². The van der Waals surface area contributed by atoms with Gasteiger partial charge in [0.1, 0.15) is 6.04 Å². The van der Waals surface area contributed by atoms with Gasteiger partial charge in [0.25, 0.3) is 0 Å². The van der Waals surface area contributed by atoms with E-state index >= 15 is 0 Å². The lowest BCUT2D eigenvalue weighted by Crippen LogP contribution is -2.55. The predicted molar refractivity (Wildman–Crippen MR) is 109 cm³/mol. The first-order chi connectivity index (χ1) is 13.4. The minimum Gasteiger partial charge on any atom is -0.395 e. The van der Waals surface area contributed by atoms with Gasteiger partial charge in [-0.2, -0.15) is 0 Å². The highest BCUT2D eigenvalue weighted by molar-refractivity contribution is 8.02. The monoisotopic (exact) mass is 411 g/mol. The van der Waals surface area contributed by atoms with E-state index in [1.807, 2.05) is 13.8 Å². The zero-order valence-corrected chi connectivity index (χ0v) is 17.9. The Morgan fingerprint density at radius 2 is 2.07 bits per heavy atom. The molecule has 28 heavy (non-hydrogen) atoms. The lowest BCUT2D eigenvalue weighted by molar-refractivity contribution is -0.140. The number of fused-ring (bicyclic) bond motifs is 1. The predicted octanol–water partition coefficient (Wildman–Crippen LogP) is 0.901. The number of thioether (sulfide) groups is 1. The highest BCUT2D eigenvalue weighted by Crippen LogP contribution is 2.66. The summed E-state index contributed by atoms with van der Waals surface area (Å²) in [5.74, 6) is -1.22. The maximum absolute atomic E-state index is 13.3. The number of nitrogens with zero attached hydrogens (tertiary/aromatic N) is 1. The van der Waals surface area contributed by atoms with Crippen LogP contribution in [-0.4, -0.2) is 69.5 Å². The van der Waals surface area contributed by atoms with Crippen molar-refractivity contribution >= 4 is 29.5 Å². The zero-order chi connectivity index (χ0) is 20.5. The second-order valence-electron chi connectivity index (χ2n) is 8.30. The van der Waals surface area contributed by atoms with Crippen LogP contribution < -0.4 is 10.6 Å². The van der Waals surface area contributed by atoms with Gasteiger partial charge in [0, 0.05) is 24.4 Å². The van der Waals surface area contributed by atoms with E-state index in [-0.39, 0.29) is 48.1 Å². The third-order valence-corrected chi connectivity index (χ3v) is 8.30. The molecule has 3 heterocycles. The summed E-state index contributed by atoms with van der Waals surface area (Å²) >= 11 is 1.66. The van der Waals surface area contributed by atoms with E-state index in [9.17, 15) is 19.5 Å². The molecule has 3 fully saturated rings. The fraction of sp³-hybridized carbons (Fsp3) is 0.850. The Morgan fingerprint density at radius 3 is 2.71 bits per heavy atom. The van der Waals surface area contributed by atoms with Crippen LogP contribution in [0.3, 0.4) is 0 Å². The van der Waals surface area contributed by atoms with Crippen molar-refractivity contribution in [2.45, 2.75) is 75.0 Å². The average molecular weight is 412 g/mol. The fourth-order valence-electron chi connectivity index (χ4n) is 5.30. The molecule has 0 aromatic carbocycles. The zero-order valence-electron chi connectivity index (χ0n) is 17.1. The maximum atomic E-state index is 13.3. The molecule has 3 aliphatic rings. The number of carbonyl (C=O) groups excluding carboxylic acids is 3. The number of rotatable bonds is 9. The van der Waals surface area contributed by atoms with Crippen LogP contribution in [0.4, 0.5) is 0 Å². The van der Waals surface area contributed by atoms with Gasteiger partial charge in [-0.05, 0) is 32.6 Å². The number of hydrogen-bond acceptors (Lipinski definition) is 5. The molecule has 0 saturated carbocycles. The molecular formula is C20H33N3O4S. The lowest BCUT2D eigenvalue weighted by Gasteiger charge is -2.34. The normalized spacial score (nSPS) is 34.4. The van der Waals surface area contributed by atoms with E-state index in [0.717, 1.165) is 32.1 Å². The standard InChI is InChI=1S/C20H33N3O4S/c1-4-6-12(3)22-18(26)16-20-8-7-13(28-20)14(17(25)21-9-5-2)15(20)19(27)23(16)10-11-24/h12-16,24H,4-11H2,1-3H3,(H,21,25)(H,22,26)/t12?,13-,14+,15+,16?,20?/m1/s1. The Bertz CT molecular complexity index is 631.